The summed E-state index contributed by atoms with van der Waals surface area (Å²) < 4.78 is 0. The van der Waals surface area contributed by atoms with Gasteiger partial charge in [-0.25, -0.2) is 0 Å². The molecule has 120 valence electrons. The number of carbonyl (C=O) groups is 1. The SMILES string of the molecule is O=C(CN1CC[C@H]2CCCC[C@H]2C1)Nc1cccc(Cl)c1Cl. The smallest absolute Gasteiger partial charge is 0.238 e. The monoisotopic (exact) mass is 340 g/mol. The van der Waals surface area contributed by atoms with Crippen molar-refractivity contribution < 1.29 is 4.79 Å². The number of likely N-dealkylation sites (tertiary alicyclic amines) is 1. The Bertz CT molecular complexity index is 549. The van der Waals surface area contributed by atoms with Gasteiger partial charge in [-0.2, -0.15) is 0 Å². The van der Waals surface area contributed by atoms with E-state index in [4.69, 9.17) is 23.2 Å². The molecule has 1 amide bonds. The second-order valence-electron chi connectivity index (χ2n) is 6.48. The molecule has 1 aliphatic heterocycles. The molecule has 0 bridgehead atoms. The van der Waals surface area contributed by atoms with E-state index in [1.807, 2.05) is 0 Å². The van der Waals surface area contributed by atoms with Crippen molar-refractivity contribution in [1.29, 1.82) is 0 Å². The van der Waals surface area contributed by atoms with Gasteiger partial charge >= 0.3 is 0 Å². The molecule has 1 saturated heterocycles. The highest BCUT2D eigenvalue weighted by Gasteiger charge is 2.31. The third kappa shape index (κ3) is 3.76. The highest BCUT2D eigenvalue weighted by atomic mass is 35.5. The Kier molecular flexibility index (Phi) is 5.27. The molecule has 5 heteroatoms. The first-order valence-corrected chi connectivity index (χ1v) is 8.85. The zero-order chi connectivity index (χ0) is 15.5. The Hall–Kier alpha value is -0.770. The number of rotatable bonds is 3. The summed E-state index contributed by atoms with van der Waals surface area (Å²) in [7, 11) is 0. The number of carbonyl (C=O) groups excluding carboxylic acids is 1. The minimum atomic E-state index is -0.0153. The van der Waals surface area contributed by atoms with Crippen molar-refractivity contribution in [2.45, 2.75) is 32.1 Å². The predicted molar refractivity (Wildman–Crippen MR) is 91.6 cm³/mol. The first-order valence-electron chi connectivity index (χ1n) is 8.09. The Balaban J connectivity index is 1.54. The average molecular weight is 341 g/mol. The van der Waals surface area contributed by atoms with Gasteiger partial charge in [-0.1, -0.05) is 48.5 Å². The summed E-state index contributed by atoms with van der Waals surface area (Å²) in [6.45, 7) is 2.52. The van der Waals surface area contributed by atoms with E-state index in [1.54, 1.807) is 18.2 Å². The Morgan fingerprint density at radius 2 is 1.95 bits per heavy atom. The van der Waals surface area contributed by atoms with Crippen LogP contribution in [-0.2, 0) is 4.79 Å². The lowest BCUT2D eigenvalue weighted by atomic mass is 9.75. The largest absolute Gasteiger partial charge is 0.324 e. The lowest BCUT2D eigenvalue weighted by Gasteiger charge is -2.41. The number of nitrogens with one attached hydrogen (secondary N) is 1. The Morgan fingerprint density at radius 1 is 1.18 bits per heavy atom. The molecule has 2 atom stereocenters. The molecule has 22 heavy (non-hydrogen) atoms. The first-order chi connectivity index (χ1) is 10.6. The summed E-state index contributed by atoms with van der Waals surface area (Å²) in [6, 6.07) is 5.28. The molecule has 0 radical (unpaired) electrons. The van der Waals surface area contributed by atoms with Crippen LogP contribution in [0.5, 0.6) is 0 Å². The zero-order valence-electron chi connectivity index (χ0n) is 12.7. The van der Waals surface area contributed by atoms with Gasteiger partial charge in [0.05, 0.1) is 22.3 Å². The Morgan fingerprint density at radius 3 is 2.77 bits per heavy atom. The molecule has 0 aromatic heterocycles. The normalized spacial score (nSPS) is 25.5. The number of hydrogen-bond acceptors (Lipinski definition) is 2. The molecule has 1 heterocycles. The van der Waals surface area contributed by atoms with Gasteiger partial charge < -0.3 is 5.32 Å². The van der Waals surface area contributed by atoms with E-state index >= 15 is 0 Å². The van der Waals surface area contributed by atoms with Crippen LogP contribution in [0.2, 0.25) is 10.0 Å². The minimum Gasteiger partial charge on any atom is -0.324 e. The van der Waals surface area contributed by atoms with Crippen molar-refractivity contribution in [1.82, 2.24) is 4.90 Å². The van der Waals surface area contributed by atoms with Gasteiger partial charge in [0, 0.05) is 6.54 Å². The van der Waals surface area contributed by atoms with E-state index in [0.717, 1.165) is 24.9 Å². The van der Waals surface area contributed by atoms with Gasteiger partial charge in [0.15, 0.2) is 0 Å². The van der Waals surface area contributed by atoms with E-state index < -0.39 is 0 Å². The maximum absolute atomic E-state index is 12.2. The van der Waals surface area contributed by atoms with Crippen LogP contribution in [0.4, 0.5) is 5.69 Å². The maximum atomic E-state index is 12.2. The number of anilines is 1. The molecule has 1 N–H and O–H groups in total. The highest BCUT2D eigenvalue weighted by Crippen LogP contribution is 2.36. The van der Waals surface area contributed by atoms with Crippen molar-refractivity contribution in [3.05, 3.63) is 28.2 Å². The van der Waals surface area contributed by atoms with Gasteiger partial charge in [0.1, 0.15) is 0 Å². The minimum absolute atomic E-state index is 0.0153. The van der Waals surface area contributed by atoms with E-state index in [9.17, 15) is 4.79 Å². The van der Waals surface area contributed by atoms with Gasteiger partial charge in [0.2, 0.25) is 5.91 Å². The fourth-order valence-corrected chi connectivity index (χ4v) is 4.16. The zero-order valence-corrected chi connectivity index (χ0v) is 14.2. The molecule has 0 unspecified atom stereocenters. The summed E-state index contributed by atoms with van der Waals surface area (Å²) in [5.74, 6) is 1.65. The van der Waals surface area contributed by atoms with E-state index in [2.05, 4.69) is 10.2 Å². The lowest BCUT2D eigenvalue weighted by molar-refractivity contribution is -0.118. The molecule has 0 spiro atoms. The predicted octanol–water partition coefficient (Wildman–Crippen LogP) is 4.44. The van der Waals surface area contributed by atoms with Gasteiger partial charge in [0.25, 0.3) is 0 Å². The van der Waals surface area contributed by atoms with Crippen LogP contribution in [0.15, 0.2) is 18.2 Å². The summed E-state index contributed by atoms with van der Waals surface area (Å²) in [6.07, 6.45) is 6.66. The summed E-state index contributed by atoms with van der Waals surface area (Å²) >= 11 is 12.1. The van der Waals surface area contributed by atoms with Crippen molar-refractivity contribution in [2.24, 2.45) is 11.8 Å². The standard InChI is InChI=1S/C17H22Cl2N2O/c18-14-6-3-7-15(17(14)19)20-16(22)11-21-9-8-12-4-1-2-5-13(12)10-21/h3,6-7,12-13H,1-2,4-5,8-11H2,(H,20,22)/t12-,13+/m1/s1. The van der Waals surface area contributed by atoms with Crippen LogP contribution >= 0.6 is 23.2 Å². The number of benzene rings is 1. The number of nitrogens with zero attached hydrogens (tertiary/aromatic N) is 1. The van der Waals surface area contributed by atoms with Gasteiger partial charge in [-0.15, -0.1) is 0 Å². The van der Waals surface area contributed by atoms with E-state index in [0.29, 0.717) is 22.3 Å². The third-order valence-electron chi connectivity index (χ3n) is 4.97. The summed E-state index contributed by atoms with van der Waals surface area (Å²) in [5, 5.41) is 3.74. The summed E-state index contributed by atoms with van der Waals surface area (Å²) in [5.41, 5.74) is 0.590. The van der Waals surface area contributed by atoms with E-state index in [1.165, 1.54) is 32.1 Å². The van der Waals surface area contributed by atoms with Crippen LogP contribution < -0.4 is 5.32 Å². The van der Waals surface area contributed by atoms with Crippen molar-refractivity contribution in [3.63, 3.8) is 0 Å². The molecule has 2 fully saturated rings. The van der Waals surface area contributed by atoms with Crippen LogP contribution in [0.3, 0.4) is 0 Å². The maximum Gasteiger partial charge on any atom is 0.238 e. The molecule has 3 rings (SSSR count). The second kappa shape index (κ2) is 7.20. The molecule has 1 aromatic rings. The van der Waals surface area contributed by atoms with E-state index in [-0.39, 0.29) is 5.91 Å². The first kappa shape index (κ1) is 16.1. The number of hydrogen-bond donors (Lipinski definition) is 1. The van der Waals surface area contributed by atoms with Gasteiger partial charge in [-0.3, -0.25) is 9.69 Å². The molecule has 2 aliphatic rings. The van der Waals surface area contributed by atoms with Crippen LogP contribution in [0.1, 0.15) is 32.1 Å². The second-order valence-corrected chi connectivity index (χ2v) is 7.26. The Labute approximate surface area is 142 Å². The molecule has 1 saturated carbocycles. The molecule has 3 nitrogen and oxygen atoms in total. The molecular weight excluding hydrogens is 319 g/mol. The molecule has 1 aliphatic carbocycles. The number of fused-ring (bicyclic) bond motifs is 1. The summed E-state index contributed by atoms with van der Waals surface area (Å²) in [4.78, 5) is 14.5. The van der Waals surface area contributed by atoms with Crippen molar-refractivity contribution >= 4 is 34.8 Å². The number of piperidine rings is 1. The van der Waals surface area contributed by atoms with Crippen LogP contribution in [0.25, 0.3) is 0 Å². The van der Waals surface area contributed by atoms with Crippen LogP contribution in [-0.4, -0.2) is 30.4 Å². The fraction of sp³-hybridized carbons (Fsp3) is 0.588. The molecule has 1 aromatic carbocycles. The van der Waals surface area contributed by atoms with Crippen LogP contribution in [0, 0.1) is 11.8 Å². The van der Waals surface area contributed by atoms with Crippen molar-refractivity contribution in [2.75, 3.05) is 25.0 Å². The van der Waals surface area contributed by atoms with Crippen molar-refractivity contribution in [3.8, 4) is 0 Å². The fourth-order valence-electron chi connectivity index (χ4n) is 3.81. The highest BCUT2D eigenvalue weighted by molar-refractivity contribution is 6.43. The van der Waals surface area contributed by atoms with Gasteiger partial charge in [-0.05, 0) is 43.4 Å². The third-order valence-corrected chi connectivity index (χ3v) is 5.79. The number of halogens is 2. The molecular formula is C17H22Cl2N2O. The average Bonchev–Trinajstić information content (AvgIpc) is 2.52. The topological polar surface area (TPSA) is 32.3 Å². The number of amides is 1. The quantitative estimate of drug-likeness (QED) is 0.881. The lowest BCUT2D eigenvalue weighted by Crippen LogP contribution is -2.44.